The summed E-state index contributed by atoms with van der Waals surface area (Å²) in [6, 6.07) is 14.0. The minimum atomic E-state index is -0.494. The minimum absolute atomic E-state index is 0.482. The highest BCUT2D eigenvalue weighted by Gasteiger charge is 2.24. The van der Waals surface area contributed by atoms with Gasteiger partial charge < -0.3 is 14.8 Å². The molecule has 0 spiro atoms. The predicted octanol–water partition coefficient (Wildman–Crippen LogP) is 3.62. The molecule has 1 unspecified atom stereocenters. The Bertz CT molecular complexity index is 872. The number of fused-ring (bicyclic) bond motifs is 1. The molecule has 5 nitrogen and oxygen atoms in total. The maximum absolute atomic E-state index is 10.6. The molecule has 0 radical (unpaired) electrons. The highest BCUT2D eigenvalue weighted by Crippen LogP contribution is 2.33. The Labute approximate surface area is 160 Å². The number of rotatable bonds is 6. The van der Waals surface area contributed by atoms with Crippen molar-refractivity contribution in [1.29, 1.82) is 0 Å². The second-order valence-electron chi connectivity index (χ2n) is 7.43. The minimum Gasteiger partial charge on any atom is -0.387 e. The summed E-state index contributed by atoms with van der Waals surface area (Å²) in [4.78, 5) is 10.3. The molecule has 3 aromatic rings. The number of benzene rings is 1. The number of hydrogen-bond acceptors (Lipinski definition) is 4. The van der Waals surface area contributed by atoms with Gasteiger partial charge in [-0.05, 0) is 43.1 Å². The maximum atomic E-state index is 10.6. The first-order valence-electron chi connectivity index (χ1n) is 9.67. The van der Waals surface area contributed by atoms with E-state index in [4.69, 9.17) is 4.74 Å². The number of likely N-dealkylation sites (N-methyl/N-ethyl adjacent to an activating group) is 1. The zero-order valence-electron chi connectivity index (χ0n) is 15.8. The molecule has 0 bridgehead atoms. The number of ether oxygens (including phenoxy) is 1. The Morgan fingerprint density at radius 1 is 1.19 bits per heavy atom. The van der Waals surface area contributed by atoms with Gasteiger partial charge in [-0.3, -0.25) is 4.90 Å². The summed E-state index contributed by atoms with van der Waals surface area (Å²) in [7, 11) is 2.06. The molecule has 1 saturated heterocycles. The number of H-pyrrole nitrogens is 1. The molecule has 1 atom stereocenters. The van der Waals surface area contributed by atoms with Crippen molar-refractivity contribution in [2.45, 2.75) is 31.4 Å². The van der Waals surface area contributed by atoms with Crippen LogP contribution in [-0.2, 0) is 11.3 Å². The van der Waals surface area contributed by atoms with Crippen molar-refractivity contribution in [3.05, 3.63) is 65.5 Å². The highest BCUT2D eigenvalue weighted by molar-refractivity contribution is 5.81. The molecule has 1 aliphatic rings. The fraction of sp³-hybridized carbons (Fsp3) is 0.409. The molecule has 5 heteroatoms. The number of aromatic nitrogens is 2. The van der Waals surface area contributed by atoms with Gasteiger partial charge in [0.1, 0.15) is 5.65 Å². The van der Waals surface area contributed by atoms with E-state index in [9.17, 15) is 5.11 Å². The molecule has 3 heterocycles. The lowest BCUT2D eigenvalue weighted by atomic mass is 9.93. The molecule has 1 fully saturated rings. The summed E-state index contributed by atoms with van der Waals surface area (Å²) >= 11 is 0. The monoisotopic (exact) mass is 365 g/mol. The molecule has 27 heavy (non-hydrogen) atoms. The smallest absolute Gasteiger partial charge is 0.137 e. The van der Waals surface area contributed by atoms with E-state index in [0.29, 0.717) is 12.5 Å². The zero-order chi connectivity index (χ0) is 18.6. The largest absolute Gasteiger partial charge is 0.387 e. The zero-order valence-corrected chi connectivity index (χ0v) is 15.8. The Hall–Kier alpha value is -2.21. The lowest BCUT2D eigenvalue weighted by molar-refractivity contribution is 0.0841. The van der Waals surface area contributed by atoms with Crippen molar-refractivity contribution < 1.29 is 9.84 Å². The average Bonchev–Trinajstić information content (AvgIpc) is 3.08. The first-order valence-corrected chi connectivity index (χ1v) is 9.67. The molecular weight excluding hydrogens is 338 g/mol. The number of hydrogen-bond donors (Lipinski definition) is 2. The van der Waals surface area contributed by atoms with Gasteiger partial charge in [-0.2, -0.15) is 0 Å². The molecule has 0 amide bonds. The fourth-order valence-corrected chi connectivity index (χ4v) is 4.01. The van der Waals surface area contributed by atoms with Crippen LogP contribution in [0.5, 0.6) is 0 Å². The van der Waals surface area contributed by atoms with E-state index in [2.05, 4.69) is 28.0 Å². The number of nitrogens with zero attached hydrogens (tertiary/aromatic N) is 2. The van der Waals surface area contributed by atoms with Crippen LogP contribution < -0.4 is 0 Å². The van der Waals surface area contributed by atoms with Gasteiger partial charge in [0.25, 0.3) is 0 Å². The average molecular weight is 365 g/mol. The summed E-state index contributed by atoms with van der Waals surface area (Å²) in [6.45, 7) is 3.00. The third kappa shape index (κ3) is 4.05. The SMILES string of the molecule is CN(Cc1c(C2CCOCC2)[nH]c2ncccc12)CC(O)c1ccccc1. The second-order valence-corrected chi connectivity index (χ2v) is 7.43. The lowest BCUT2D eigenvalue weighted by Crippen LogP contribution is -2.25. The van der Waals surface area contributed by atoms with Crippen LogP contribution in [0.3, 0.4) is 0 Å². The van der Waals surface area contributed by atoms with Gasteiger partial charge in [0, 0.05) is 49.5 Å². The van der Waals surface area contributed by atoms with Gasteiger partial charge >= 0.3 is 0 Å². The first kappa shape index (κ1) is 18.2. The third-order valence-electron chi connectivity index (χ3n) is 5.44. The maximum Gasteiger partial charge on any atom is 0.137 e. The van der Waals surface area contributed by atoms with E-state index >= 15 is 0 Å². The quantitative estimate of drug-likeness (QED) is 0.700. The summed E-state index contributed by atoms with van der Waals surface area (Å²) < 4.78 is 5.54. The number of pyridine rings is 1. The van der Waals surface area contributed by atoms with Gasteiger partial charge in [-0.25, -0.2) is 4.98 Å². The Morgan fingerprint density at radius 2 is 1.96 bits per heavy atom. The third-order valence-corrected chi connectivity index (χ3v) is 5.44. The van der Waals surface area contributed by atoms with Gasteiger partial charge in [0.05, 0.1) is 6.10 Å². The normalized spacial score (nSPS) is 16.9. The second kappa shape index (κ2) is 8.21. The highest BCUT2D eigenvalue weighted by atomic mass is 16.5. The van der Waals surface area contributed by atoms with Crippen LogP contribution in [0.4, 0.5) is 0 Å². The van der Waals surface area contributed by atoms with Gasteiger partial charge in [0.15, 0.2) is 0 Å². The topological polar surface area (TPSA) is 61.4 Å². The Balaban J connectivity index is 1.56. The van der Waals surface area contributed by atoms with Crippen molar-refractivity contribution in [3.63, 3.8) is 0 Å². The van der Waals surface area contributed by atoms with E-state index in [1.54, 1.807) is 0 Å². The molecule has 1 aliphatic heterocycles. The standard InChI is InChI=1S/C22H27N3O2/c1-25(15-20(26)16-6-3-2-4-7-16)14-19-18-8-5-11-23-22(18)24-21(19)17-9-12-27-13-10-17/h2-8,11,17,20,26H,9-10,12-15H2,1H3,(H,23,24). The number of nitrogens with one attached hydrogen (secondary N) is 1. The number of aliphatic hydroxyl groups excluding tert-OH is 1. The van der Waals surface area contributed by atoms with Crippen LogP contribution in [0.15, 0.2) is 48.7 Å². The van der Waals surface area contributed by atoms with E-state index in [0.717, 1.165) is 43.8 Å². The Morgan fingerprint density at radius 3 is 2.74 bits per heavy atom. The van der Waals surface area contributed by atoms with Crippen LogP contribution in [-0.4, -0.2) is 46.8 Å². The van der Waals surface area contributed by atoms with Crippen molar-refractivity contribution in [1.82, 2.24) is 14.9 Å². The van der Waals surface area contributed by atoms with Crippen molar-refractivity contribution in [2.24, 2.45) is 0 Å². The fourth-order valence-electron chi connectivity index (χ4n) is 4.01. The molecule has 142 valence electrons. The van der Waals surface area contributed by atoms with Crippen LogP contribution in [0, 0.1) is 0 Å². The van der Waals surface area contributed by atoms with Gasteiger partial charge in [-0.15, -0.1) is 0 Å². The van der Waals surface area contributed by atoms with Crippen molar-refractivity contribution in [2.75, 3.05) is 26.8 Å². The van der Waals surface area contributed by atoms with E-state index in [1.165, 1.54) is 16.6 Å². The van der Waals surface area contributed by atoms with Gasteiger partial charge in [0.2, 0.25) is 0 Å². The summed E-state index contributed by atoms with van der Waals surface area (Å²) in [6.07, 6.45) is 3.41. The van der Waals surface area contributed by atoms with Crippen LogP contribution >= 0.6 is 0 Å². The summed E-state index contributed by atoms with van der Waals surface area (Å²) in [5, 5.41) is 11.8. The van der Waals surface area contributed by atoms with Crippen LogP contribution in [0.25, 0.3) is 11.0 Å². The van der Waals surface area contributed by atoms with E-state index in [-0.39, 0.29) is 0 Å². The molecular formula is C22H27N3O2. The molecule has 4 rings (SSSR count). The lowest BCUT2D eigenvalue weighted by Gasteiger charge is -2.25. The first-order chi connectivity index (χ1) is 13.2. The van der Waals surface area contributed by atoms with E-state index in [1.807, 2.05) is 42.6 Å². The van der Waals surface area contributed by atoms with Gasteiger partial charge in [-0.1, -0.05) is 30.3 Å². The summed E-state index contributed by atoms with van der Waals surface area (Å²) in [5.41, 5.74) is 4.49. The predicted molar refractivity (Wildman–Crippen MR) is 107 cm³/mol. The summed E-state index contributed by atoms with van der Waals surface area (Å²) in [5.74, 6) is 0.482. The molecule has 2 N–H and O–H groups in total. The van der Waals surface area contributed by atoms with Crippen molar-refractivity contribution in [3.8, 4) is 0 Å². The van der Waals surface area contributed by atoms with Crippen LogP contribution in [0.1, 0.15) is 41.7 Å². The van der Waals surface area contributed by atoms with E-state index < -0.39 is 6.10 Å². The van der Waals surface area contributed by atoms with Crippen LogP contribution in [0.2, 0.25) is 0 Å². The number of aliphatic hydroxyl groups is 1. The molecule has 2 aromatic heterocycles. The van der Waals surface area contributed by atoms with Crippen molar-refractivity contribution >= 4 is 11.0 Å². The number of aromatic amines is 1. The molecule has 1 aromatic carbocycles. The molecule has 0 aliphatic carbocycles. The molecule has 0 saturated carbocycles. The Kier molecular flexibility index (Phi) is 5.53.